The largest absolute Gasteiger partial charge is 0.497 e. The van der Waals surface area contributed by atoms with E-state index >= 15 is 0 Å². The standard InChI is InChI=1S/C17H23NO3/c1-11(21-15-7-5-14(20-2)6-8-15)17(19)18-16-10-12-3-4-13(16)9-12/h5-8,11-13,16H,3-4,9-10H2,1-2H3,(H,18,19). The van der Waals surface area contributed by atoms with Gasteiger partial charge in [0, 0.05) is 6.04 Å². The average Bonchev–Trinajstić information content (AvgIpc) is 3.10. The number of nitrogens with one attached hydrogen (secondary N) is 1. The van der Waals surface area contributed by atoms with Crippen molar-refractivity contribution in [3.8, 4) is 11.5 Å². The van der Waals surface area contributed by atoms with Gasteiger partial charge in [-0.3, -0.25) is 4.79 Å². The van der Waals surface area contributed by atoms with Gasteiger partial charge in [0.05, 0.1) is 7.11 Å². The molecule has 4 nitrogen and oxygen atoms in total. The van der Waals surface area contributed by atoms with Crippen LogP contribution in [0.4, 0.5) is 0 Å². The van der Waals surface area contributed by atoms with E-state index in [1.54, 1.807) is 14.0 Å². The Balaban J connectivity index is 1.52. The summed E-state index contributed by atoms with van der Waals surface area (Å²) >= 11 is 0. The number of carbonyl (C=O) groups is 1. The summed E-state index contributed by atoms with van der Waals surface area (Å²) in [6.07, 6.45) is 4.57. The minimum Gasteiger partial charge on any atom is -0.497 e. The van der Waals surface area contributed by atoms with Crippen LogP contribution < -0.4 is 14.8 Å². The molecule has 4 atom stereocenters. The lowest BCUT2D eigenvalue weighted by molar-refractivity contribution is -0.128. The fourth-order valence-corrected chi connectivity index (χ4v) is 3.63. The first-order valence-electron chi connectivity index (χ1n) is 7.77. The molecule has 114 valence electrons. The van der Waals surface area contributed by atoms with Crippen LogP contribution in [0, 0.1) is 11.8 Å². The van der Waals surface area contributed by atoms with Gasteiger partial charge in [0.25, 0.3) is 5.91 Å². The highest BCUT2D eigenvalue weighted by Gasteiger charge is 2.40. The number of rotatable bonds is 5. The van der Waals surface area contributed by atoms with Crippen molar-refractivity contribution in [3.05, 3.63) is 24.3 Å². The first-order chi connectivity index (χ1) is 10.2. The molecule has 0 aliphatic heterocycles. The maximum absolute atomic E-state index is 12.2. The highest BCUT2D eigenvalue weighted by atomic mass is 16.5. The normalized spacial score (nSPS) is 28.2. The molecular weight excluding hydrogens is 266 g/mol. The molecule has 4 unspecified atom stereocenters. The highest BCUT2D eigenvalue weighted by molar-refractivity contribution is 5.81. The van der Waals surface area contributed by atoms with E-state index in [0.29, 0.717) is 17.7 Å². The molecule has 0 radical (unpaired) electrons. The van der Waals surface area contributed by atoms with E-state index in [-0.39, 0.29) is 5.91 Å². The van der Waals surface area contributed by atoms with Crippen LogP contribution in [0.5, 0.6) is 11.5 Å². The predicted octanol–water partition coefficient (Wildman–Crippen LogP) is 2.77. The molecule has 2 fully saturated rings. The molecule has 1 aromatic carbocycles. The molecule has 3 rings (SSSR count). The van der Waals surface area contributed by atoms with Crippen molar-refractivity contribution < 1.29 is 14.3 Å². The van der Waals surface area contributed by atoms with Gasteiger partial charge >= 0.3 is 0 Å². The summed E-state index contributed by atoms with van der Waals surface area (Å²) in [6, 6.07) is 7.66. The van der Waals surface area contributed by atoms with E-state index in [0.717, 1.165) is 18.1 Å². The molecule has 2 aliphatic rings. The van der Waals surface area contributed by atoms with Gasteiger partial charge in [-0.1, -0.05) is 6.42 Å². The second kappa shape index (κ2) is 5.96. The zero-order valence-electron chi connectivity index (χ0n) is 12.7. The first kappa shape index (κ1) is 14.2. The van der Waals surface area contributed by atoms with Crippen LogP contribution in [0.2, 0.25) is 0 Å². The van der Waals surface area contributed by atoms with Crippen LogP contribution >= 0.6 is 0 Å². The third-order valence-electron chi connectivity index (χ3n) is 4.81. The lowest BCUT2D eigenvalue weighted by Gasteiger charge is -2.24. The Hall–Kier alpha value is -1.71. The molecule has 1 N–H and O–H groups in total. The molecule has 0 saturated heterocycles. The Morgan fingerprint density at radius 3 is 2.48 bits per heavy atom. The Bertz CT molecular complexity index is 499. The third kappa shape index (κ3) is 3.14. The van der Waals surface area contributed by atoms with Crippen LogP contribution in [0.25, 0.3) is 0 Å². The van der Waals surface area contributed by atoms with E-state index in [1.165, 1.54) is 19.3 Å². The van der Waals surface area contributed by atoms with Gasteiger partial charge in [0.15, 0.2) is 6.10 Å². The fraction of sp³-hybridized carbons (Fsp3) is 0.588. The number of carbonyl (C=O) groups excluding carboxylic acids is 1. The molecule has 0 aromatic heterocycles. The summed E-state index contributed by atoms with van der Waals surface area (Å²) in [6.45, 7) is 1.80. The molecule has 0 spiro atoms. The van der Waals surface area contributed by atoms with Crippen LogP contribution in [0.3, 0.4) is 0 Å². The predicted molar refractivity (Wildman–Crippen MR) is 80.5 cm³/mol. The number of hydrogen-bond donors (Lipinski definition) is 1. The number of hydrogen-bond acceptors (Lipinski definition) is 3. The Labute approximate surface area is 125 Å². The molecule has 4 heteroatoms. The molecule has 1 aromatic rings. The molecule has 21 heavy (non-hydrogen) atoms. The summed E-state index contributed by atoms with van der Waals surface area (Å²) in [5.74, 6) is 2.97. The number of fused-ring (bicyclic) bond motifs is 2. The number of ether oxygens (including phenoxy) is 2. The molecule has 2 bridgehead atoms. The van der Waals surface area contributed by atoms with Crippen molar-refractivity contribution in [1.29, 1.82) is 0 Å². The lowest BCUT2D eigenvalue weighted by Crippen LogP contribution is -2.44. The van der Waals surface area contributed by atoms with Gasteiger partial charge < -0.3 is 14.8 Å². The van der Waals surface area contributed by atoms with Crippen molar-refractivity contribution in [2.24, 2.45) is 11.8 Å². The van der Waals surface area contributed by atoms with Crippen LogP contribution in [0.1, 0.15) is 32.6 Å². The molecule has 2 saturated carbocycles. The zero-order valence-corrected chi connectivity index (χ0v) is 12.7. The summed E-state index contributed by atoms with van der Waals surface area (Å²) in [5.41, 5.74) is 0. The van der Waals surface area contributed by atoms with E-state index in [2.05, 4.69) is 5.32 Å². The quantitative estimate of drug-likeness (QED) is 0.906. The van der Waals surface area contributed by atoms with Crippen LogP contribution in [-0.4, -0.2) is 25.2 Å². The second-order valence-electron chi connectivity index (χ2n) is 6.23. The SMILES string of the molecule is COc1ccc(OC(C)C(=O)NC2CC3CCC2C3)cc1. The number of benzene rings is 1. The van der Waals surface area contributed by atoms with Crippen molar-refractivity contribution >= 4 is 5.91 Å². The van der Waals surface area contributed by atoms with Gasteiger partial charge in [0.1, 0.15) is 11.5 Å². The Morgan fingerprint density at radius 1 is 1.19 bits per heavy atom. The van der Waals surface area contributed by atoms with E-state index < -0.39 is 6.10 Å². The van der Waals surface area contributed by atoms with Crippen molar-refractivity contribution in [2.45, 2.75) is 44.8 Å². The zero-order chi connectivity index (χ0) is 14.8. The van der Waals surface area contributed by atoms with E-state index in [4.69, 9.17) is 9.47 Å². The van der Waals surface area contributed by atoms with Crippen LogP contribution in [0.15, 0.2) is 24.3 Å². The fourth-order valence-electron chi connectivity index (χ4n) is 3.63. The number of amides is 1. The monoisotopic (exact) mass is 289 g/mol. The van der Waals surface area contributed by atoms with Gasteiger partial charge in [-0.2, -0.15) is 0 Å². The van der Waals surface area contributed by atoms with Gasteiger partial charge in [-0.25, -0.2) is 0 Å². The smallest absolute Gasteiger partial charge is 0.261 e. The third-order valence-corrected chi connectivity index (χ3v) is 4.81. The van der Waals surface area contributed by atoms with Crippen LogP contribution in [-0.2, 0) is 4.79 Å². The van der Waals surface area contributed by atoms with Crippen molar-refractivity contribution in [2.75, 3.05) is 7.11 Å². The maximum Gasteiger partial charge on any atom is 0.261 e. The molecule has 2 aliphatic carbocycles. The first-order valence-corrected chi connectivity index (χ1v) is 7.77. The second-order valence-corrected chi connectivity index (χ2v) is 6.23. The van der Waals surface area contributed by atoms with Gasteiger partial charge in [-0.15, -0.1) is 0 Å². The minimum absolute atomic E-state index is 0.0108. The summed E-state index contributed by atoms with van der Waals surface area (Å²) in [5, 5.41) is 3.16. The molecule has 0 heterocycles. The van der Waals surface area contributed by atoms with E-state index in [1.807, 2.05) is 24.3 Å². The number of methoxy groups -OCH3 is 1. The topological polar surface area (TPSA) is 47.6 Å². The van der Waals surface area contributed by atoms with Crippen molar-refractivity contribution in [3.63, 3.8) is 0 Å². The Morgan fingerprint density at radius 2 is 1.90 bits per heavy atom. The minimum atomic E-state index is -0.475. The lowest BCUT2D eigenvalue weighted by atomic mass is 9.95. The van der Waals surface area contributed by atoms with Crippen molar-refractivity contribution in [1.82, 2.24) is 5.32 Å². The Kier molecular flexibility index (Phi) is 4.04. The summed E-state index contributed by atoms with van der Waals surface area (Å²) in [4.78, 5) is 12.2. The van der Waals surface area contributed by atoms with Gasteiger partial charge in [0.2, 0.25) is 0 Å². The van der Waals surface area contributed by atoms with Gasteiger partial charge in [-0.05, 0) is 62.3 Å². The summed E-state index contributed by atoms with van der Waals surface area (Å²) < 4.78 is 10.8. The summed E-state index contributed by atoms with van der Waals surface area (Å²) in [7, 11) is 1.63. The maximum atomic E-state index is 12.2. The van der Waals surface area contributed by atoms with E-state index in [9.17, 15) is 4.79 Å². The molecule has 1 amide bonds. The molecular formula is C17H23NO3. The average molecular weight is 289 g/mol. The highest BCUT2D eigenvalue weighted by Crippen LogP contribution is 2.44.